The van der Waals surface area contributed by atoms with Crippen molar-refractivity contribution in [2.24, 2.45) is 5.10 Å². The molecule has 11 nitrogen and oxygen atoms in total. The number of hydrogen-bond acceptors (Lipinski definition) is 9. The highest BCUT2D eigenvalue weighted by molar-refractivity contribution is 6.03. The summed E-state index contributed by atoms with van der Waals surface area (Å²) < 4.78 is 27.3. The molecule has 2 aliphatic heterocycles. The van der Waals surface area contributed by atoms with Crippen LogP contribution in [0.3, 0.4) is 0 Å². The van der Waals surface area contributed by atoms with Gasteiger partial charge < -0.3 is 28.3 Å². The Hall–Kier alpha value is -4.35. The molecule has 1 saturated heterocycles. The smallest absolute Gasteiger partial charge is 0.290 e. The molecule has 2 aliphatic rings. The molecule has 222 valence electrons. The maximum atomic E-state index is 14.1. The highest BCUT2D eigenvalue weighted by atomic mass is 16.5. The zero-order chi connectivity index (χ0) is 29.5. The van der Waals surface area contributed by atoms with Crippen LogP contribution in [0.25, 0.3) is 0 Å². The molecule has 3 aromatic rings. The van der Waals surface area contributed by atoms with Crippen LogP contribution in [0.2, 0.25) is 0 Å². The van der Waals surface area contributed by atoms with Crippen molar-refractivity contribution in [3.05, 3.63) is 77.7 Å². The lowest BCUT2D eigenvalue weighted by Crippen LogP contribution is -2.46. The van der Waals surface area contributed by atoms with Gasteiger partial charge in [-0.1, -0.05) is 0 Å². The summed E-state index contributed by atoms with van der Waals surface area (Å²) >= 11 is 0. The molecule has 0 bridgehead atoms. The molecule has 2 aromatic carbocycles. The lowest BCUT2D eigenvalue weighted by Gasteiger charge is -2.31. The zero-order valence-electron chi connectivity index (χ0n) is 24.2. The number of ether oxygens (including phenoxy) is 4. The molecule has 1 atom stereocenters. The summed E-state index contributed by atoms with van der Waals surface area (Å²) in [7, 11) is 4.80. The van der Waals surface area contributed by atoms with E-state index in [1.165, 1.54) is 16.2 Å². The monoisotopic (exact) mass is 576 g/mol. The molecule has 5 rings (SSSR count). The summed E-state index contributed by atoms with van der Waals surface area (Å²) in [6.45, 7) is 3.62. The third kappa shape index (κ3) is 6.58. The first-order valence-corrected chi connectivity index (χ1v) is 13.9. The van der Waals surface area contributed by atoms with Gasteiger partial charge in [0.25, 0.3) is 11.8 Å². The Bertz CT molecular complexity index is 1380. The fourth-order valence-corrected chi connectivity index (χ4v) is 5.17. The van der Waals surface area contributed by atoms with Crippen molar-refractivity contribution in [2.75, 3.05) is 67.3 Å². The van der Waals surface area contributed by atoms with Crippen LogP contribution >= 0.6 is 0 Å². The van der Waals surface area contributed by atoms with Crippen LogP contribution in [0.1, 0.15) is 34.1 Å². The molecule has 3 heterocycles. The van der Waals surface area contributed by atoms with Crippen molar-refractivity contribution in [1.82, 2.24) is 14.8 Å². The Morgan fingerprint density at radius 3 is 2.38 bits per heavy atom. The van der Waals surface area contributed by atoms with Gasteiger partial charge in [-0.2, -0.15) is 5.10 Å². The average Bonchev–Trinajstić information content (AvgIpc) is 3.74. The third-order valence-corrected chi connectivity index (χ3v) is 7.52. The number of hydrazone groups is 1. The molecular weight excluding hydrogens is 540 g/mol. The Labute approximate surface area is 245 Å². The van der Waals surface area contributed by atoms with Crippen molar-refractivity contribution >= 4 is 17.5 Å². The van der Waals surface area contributed by atoms with Gasteiger partial charge in [-0.05, 0) is 60.2 Å². The van der Waals surface area contributed by atoms with E-state index in [9.17, 15) is 9.59 Å². The van der Waals surface area contributed by atoms with Crippen LogP contribution < -0.4 is 14.2 Å². The highest BCUT2D eigenvalue weighted by Crippen LogP contribution is 2.39. The fraction of sp³-hybridized carbons (Fsp3) is 0.387. The molecule has 0 saturated carbocycles. The van der Waals surface area contributed by atoms with Crippen molar-refractivity contribution in [2.45, 2.75) is 12.5 Å². The number of carbonyl (C=O) groups is 2. The molecule has 0 unspecified atom stereocenters. The molecule has 0 aliphatic carbocycles. The summed E-state index contributed by atoms with van der Waals surface area (Å²) in [5, 5.41) is 6.27. The SMILES string of the molecule is COc1ccc(C2=NN(C(=O)CN(CCN3CCOCC3)C(=O)c3ccco3)[C@H](c3cc(OC)ccc3OC)C2)cc1. The topological polar surface area (TPSA) is 106 Å². The van der Waals surface area contributed by atoms with Crippen molar-refractivity contribution < 1.29 is 33.0 Å². The molecular formula is C31H36N4O7. The fourth-order valence-electron chi connectivity index (χ4n) is 5.17. The van der Waals surface area contributed by atoms with E-state index in [0.29, 0.717) is 44.2 Å². The quantitative estimate of drug-likeness (QED) is 0.342. The Balaban J connectivity index is 1.45. The number of nitrogens with zero attached hydrogens (tertiary/aromatic N) is 4. The Morgan fingerprint density at radius 1 is 0.976 bits per heavy atom. The van der Waals surface area contributed by atoms with Gasteiger partial charge in [0.05, 0.1) is 52.6 Å². The van der Waals surface area contributed by atoms with Crippen LogP contribution in [-0.4, -0.2) is 99.6 Å². The first kappa shape index (κ1) is 29.2. The second-order valence-electron chi connectivity index (χ2n) is 10.00. The lowest BCUT2D eigenvalue weighted by atomic mass is 9.97. The largest absolute Gasteiger partial charge is 0.497 e. The molecule has 0 spiro atoms. The molecule has 11 heteroatoms. The summed E-state index contributed by atoms with van der Waals surface area (Å²) in [6, 6.07) is 15.8. The number of furan rings is 1. The van der Waals surface area contributed by atoms with Gasteiger partial charge in [-0.3, -0.25) is 14.5 Å². The number of morpholine rings is 1. The second kappa shape index (κ2) is 13.5. The number of amides is 2. The summed E-state index contributed by atoms with van der Waals surface area (Å²) in [4.78, 5) is 31.3. The van der Waals surface area contributed by atoms with E-state index in [2.05, 4.69) is 4.90 Å². The van der Waals surface area contributed by atoms with E-state index in [0.717, 1.165) is 35.7 Å². The number of benzene rings is 2. The maximum absolute atomic E-state index is 14.1. The van der Waals surface area contributed by atoms with Crippen LogP contribution in [0.15, 0.2) is 70.4 Å². The standard InChI is InChI=1S/C31H36N4O7/c1-38-23-8-6-22(7-9-23)26-20-27(25-19-24(39-2)10-11-28(25)40-3)35(32-26)30(36)21-34(31(37)29-5-4-16-42-29)13-12-33-14-17-41-18-15-33/h4-11,16,19,27H,12-15,17-18,20-21H2,1-3H3/t27-/m0/s1. The van der Waals surface area contributed by atoms with Gasteiger partial charge in [0.2, 0.25) is 0 Å². The average molecular weight is 577 g/mol. The van der Waals surface area contributed by atoms with Gasteiger partial charge in [-0.25, -0.2) is 5.01 Å². The first-order chi connectivity index (χ1) is 20.5. The molecule has 0 N–H and O–H groups in total. The van der Waals surface area contributed by atoms with Crippen LogP contribution in [0.5, 0.6) is 17.2 Å². The second-order valence-corrected chi connectivity index (χ2v) is 10.00. The Kier molecular flexibility index (Phi) is 9.40. The van der Waals surface area contributed by atoms with Crippen molar-refractivity contribution in [1.29, 1.82) is 0 Å². The van der Waals surface area contributed by atoms with E-state index >= 15 is 0 Å². The van der Waals surface area contributed by atoms with Crippen LogP contribution in [-0.2, 0) is 9.53 Å². The maximum Gasteiger partial charge on any atom is 0.290 e. The van der Waals surface area contributed by atoms with E-state index in [1.807, 2.05) is 42.5 Å². The minimum Gasteiger partial charge on any atom is -0.497 e. The third-order valence-electron chi connectivity index (χ3n) is 7.52. The van der Waals surface area contributed by atoms with Gasteiger partial charge in [0.1, 0.15) is 23.8 Å². The van der Waals surface area contributed by atoms with Crippen molar-refractivity contribution in [3.8, 4) is 17.2 Å². The molecule has 1 fully saturated rings. The van der Waals surface area contributed by atoms with Crippen LogP contribution in [0, 0.1) is 0 Å². The highest BCUT2D eigenvalue weighted by Gasteiger charge is 2.36. The molecule has 42 heavy (non-hydrogen) atoms. The van der Waals surface area contributed by atoms with Gasteiger partial charge >= 0.3 is 0 Å². The summed E-state index contributed by atoms with van der Waals surface area (Å²) in [6.07, 6.45) is 1.90. The molecule has 0 radical (unpaired) electrons. The minimum absolute atomic E-state index is 0.175. The number of rotatable bonds is 11. The van der Waals surface area contributed by atoms with E-state index in [4.69, 9.17) is 28.5 Å². The van der Waals surface area contributed by atoms with Gasteiger partial charge in [0, 0.05) is 38.2 Å². The first-order valence-electron chi connectivity index (χ1n) is 13.9. The summed E-state index contributed by atoms with van der Waals surface area (Å²) in [5.74, 6) is 1.48. The minimum atomic E-state index is -0.473. The molecule has 1 aromatic heterocycles. The number of carbonyl (C=O) groups excluding carboxylic acids is 2. The number of methoxy groups -OCH3 is 3. The van der Waals surface area contributed by atoms with E-state index < -0.39 is 6.04 Å². The van der Waals surface area contributed by atoms with E-state index in [-0.39, 0.29) is 24.1 Å². The predicted molar refractivity (Wildman–Crippen MR) is 155 cm³/mol. The van der Waals surface area contributed by atoms with Crippen molar-refractivity contribution in [3.63, 3.8) is 0 Å². The zero-order valence-corrected chi connectivity index (χ0v) is 24.2. The normalized spacial score (nSPS) is 17.1. The number of hydrogen-bond donors (Lipinski definition) is 0. The lowest BCUT2D eigenvalue weighted by molar-refractivity contribution is -0.133. The predicted octanol–water partition coefficient (Wildman–Crippen LogP) is 3.46. The van der Waals surface area contributed by atoms with Gasteiger partial charge in [0.15, 0.2) is 5.76 Å². The molecule has 2 amide bonds. The van der Waals surface area contributed by atoms with Gasteiger partial charge in [-0.15, -0.1) is 0 Å². The van der Waals surface area contributed by atoms with Crippen LogP contribution in [0.4, 0.5) is 0 Å². The van der Waals surface area contributed by atoms with E-state index in [1.54, 1.807) is 33.5 Å². The summed E-state index contributed by atoms with van der Waals surface area (Å²) in [5.41, 5.74) is 2.36. The Morgan fingerprint density at radius 2 is 1.71 bits per heavy atom.